The average molecular weight is 398 g/mol. The van der Waals surface area contributed by atoms with Gasteiger partial charge in [0.1, 0.15) is 13.2 Å². The maximum Gasteiger partial charge on any atom is 0.227 e. The quantitative estimate of drug-likeness (QED) is 0.662. The molecule has 138 valence electrons. The molecule has 0 saturated heterocycles. The van der Waals surface area contributed by atoms with Crippen molar-refractivity contribution in [1.82, 2.24) is 4.90 Å². The molecule has 3 aromatic rings. The summed E-state index contributed by atoms with van der Waals surface area (Å²) in [7, 11) is 0. The first-order valence-corrected chi connectivity index (χ1v) is 10.8. The number of carbonyl (C=O) groups is 1. The molecule has 0 spiro atoms. The lowest BCUT2D eigenvalue weighted by atomic mass is 9.97. The fraction of sp³-hybridized carbons (Fsp3) is 0.286. The van der Waals surface area contributed by atoms with Crippen molar-refractivity contribution >= 4 is 28.6 Å². The summed E-state index contributed by atoms with van der Waals surface area (Å²) in [5.74, 6) is 1.65. The zero-order valence-corrected chi connectivity index (χ0v) is 16.4. The van der Waals surface area contributed by atoms with Crippen LogP contribution in [0.1, 0.15) is 26.9 Å². The van der Waals surface area contributed by atoms with E-state index in [9.17, 15) is 4.79 Å². The Morgan fingerprint density at radius 3 is 2.81 bits per heavy atom. The van der Waals surface area contributed by atoms with Crippen LogP contribution in [0.15, 0.2) is 47.2 Å². The number of rotatable bonds is 3. The summed E-state index contributed by atoms with van der Waals surface area (Å²) in [5, 5.41) is 4.22. The summed E-state index contributed by atoms with van der Waals surface area (Å²) in [5.41, 5.74) is 2.24. The van der Waals surface area contributed by atoms with Crippen LogP contribution >= 0.6 is 22.7 Å². The van der Waals surface area contributed by atoms with E-state index in [1.54, 1.807) is 22.7 Å². The average Bonchev–Trinajstić information content (AvgIpc) is 3.38. The fourth-order valence-corrected chi connectivity index (χ4v) is 5.57. The van der Waals surface area contributed by atoms with E-state index in [1.807, 2.05) is 23.1 Å². The van der Waals surface area contributed by atoms with Crippen molar-refractivity contribution in [2.24, 2.45) is 0 Å². The van der Waals surface area contributed by atoms with E-state index in [0.717, 1.165) is 30.0 Å². The molecule has 27 heavy (non-hydrogen) atoms. The number of ether oxygens (including phenoxy) is 2. The largest absolute Gasteiger partial charge is 0.486 e. The molecule has 4 nitrogen and oxygen atoms in total. The van der Waals surface area contributed by atoms with Crippen molar-refractivity contribution in [3.8, 4) is 11.5 Å². The van der Waals surface area contributed by atoms with Gasteiger partial charge in [-0.1, -0.05) is 12.1 Å². The van der Waals surface area contributed by atoms with Crippen LogP contribution in [0.25, 0.3) is 0 Å². The van der Waals surface area contributed by atoms with Crippen molar-refractivity contribution in [2.75, 3.05) is 19.8 Å². The molecular weight excluding hydrogens is 378 g/mol. The summed E-state index contributed by atoms with van der Waals surface area (Å²) in [6.07, 6.45) is 1.31. The molecule has 0 saturated carbocycles. The van der Waals surface area contributed by atoms with Gasteiger partial charge in [-0.15, -0.1) is 22.7 Å². The van der Waals surface area contributed by atoms with Crippen molar-refractivity contribution < 1.29 is 14.3 Å². The molecule has 1 aromatic carbocycles. The second-order valence-electron chi connectivity index (χ2n) is 6.71. The van der Waals surface area contributed by atoms with E-state index in [0.29, 0.717) is 19.6 Å². The lowest BCUT2D eigenvalue weighted by Gasteiger charge is -2.35. The second-order valence-corrected chi connectivity index (χ2v) is 8.69. The molecule has 1 atom stereocenters. The van der Waals surface area contributed by atoms with Gasteiger partial charge in [0.15, 0.2) is 11.5 Å². The van der Waals surface area contributed by atoms with Gasteiger partial charge in [-0.3, -0.25) is 4.79 Å². The first-order chi connectivity index (χ1) is 13.3. The summed E-state index contributed by atoms with van der Waals surface area (Å²) >= 11 is 3.51. The number of hydrogen-bond acceptors (Lipinski definition) is 5. The molecular formula is C21H19NO3S2. The Hall–Kier alpha value is -2.31. The number of amides is 1. The number of fused-ring (bicyclic) bond motifs is 2. The normalized spacial score (nSPS) is 18.2. The first kappa shape index (κ1) is 16.8. The van der Waals surface area contributed by atoms with Crippen LogP contribution in [-0.4, -0.2) is 30.6 Å². The van der Waals surface area contributed by atoms with Crippen molar-refractivity contribution in [2.45, 2.75) is 18.9 Å². The molecule has 0 aliphatic carbocycles. The van der Waals surface area contributed by atoms with E-state index in [1.165, 1.54) is 15.3 Å². The molecule has 0 N–H and O–H groups in total. The highest BCUT2D eigenvalue weighted by Crippen LogP contribution is 2.40. The molecule has 0 bridgehead atoms. The van der Waals surface area contributed by atoms with Gasteiger partial charge in [0, 0.05) is 16.3 Å². The molecule has 0 fully saturated rings. The number of carbonyl (C=O) groups excluding carboxylic acids is 1. The van der Waals surface area contributed by atoms with Gasteiger partial charge in [-0.2, -0.15) is 0 Å². The Bertz CT molecular complexity index is 964. The summed E-state index contributed by atoms with van der Waals surface area (Å²) in [4.78, 5) is 17.9. The zero-order chi connectivity index (χ0) is 18.2. The van der Waals surface area contributed by atoms with E-state index in [2.05, 4.69) is 29.0 Å². The Morgan fingerprint density at radius 2 is 1.96 bits per heavy atom. The van der Waals surface area contributed by atoms with Crippen LogP contribution in [0, 0.1) is 0 Å². The summed E-state index contributed by atoms with van der Waals surface area (Å²) in [6, 6.07) is 12.2. The van der Waals surface area contributed by atoms with E-state index in [-0.39, 0.29) is 11.9 Å². The molecule has 6 heteroatoms. The SMILES string of the molecule is O=C(Cc1ccc2c(c1)OCCO2)N1CCc2sccc2[C@H]1c1cccs1. The van der Waals surface area contributed by atoms with Gasteiger partial charge in [0.2, 0.25) is 5.91 Å². The van der Waals surface area contributed by atoms with Gasteiger partial charge in [0.05, 0.1) is 12.5 Å². The van der Waals surface area contributed by atoms with Crippen LogP contribution in [-0.2, 0) is 17.6 Å². The lowest BCUT2D eigenvalue weighted by molar-refractivity contribution is -0.132. The maximum absolute atomic E-state index is 13.2. The van der Waals surface area contributed by atoms with Gasteiger partial charge in [0.25, 0.3) is 0 Å². The second kappa shape index (κ2) is 7.02. The molecule has 2 aliphatic heterocycles. The van der Waals surface area contributed by atoms with Crippen molar-refractivity contribution in [1.29, 1.82) is 0 Å². The molecule has 0 radical (unpaired) electrons. The molecule has 0 unspecified atom stereocenters. The smallest absolute Gasteiger partial charge is 0.227 e. The van der Waals surface area contributed by atoms with Crippen LogP contribution < -0.4 is 9.47 Å². The minimum atomic E-state index is 0.0321. The Kier molecular flexibility index (Phi) is 4.38. The standard InChI is InChI=1S/C21H19NO3S2/c23-20(13-14-3-4-16-17(12-14)25-9-8-24-16)22-7-5-18-15(6-11-27-18)21(22)19-2-1-10-26-19/h1-4,6,10-12,21H,5,7-9,13H2/t21-/m0/s1. The predicted molar refractivity (Wildman–Crippen MR) is 107 cm³/mol. The number of thiophene rings is 2. The number of nitrogens with zero attached hydrogens (tertiary/aromatic N) is 1. The summed E-state index contributed by atoms with van der Waals surface area (Å²) in [6.45, 7) is 1.89. The monoisotopic (exact) mass is 397 g/mol. The van der Waals surface area contributed by atoms with Crippen LogP contribution in [0.2, 0.25) is 0 Å². The zero-order valence-electron chi connectivity index (χ0n) is 14.7. The van der Waals surface area contributed by atoms with Gasteiger partial charge in [-0.05, 0) is 52.6 Å². The van der Waals surface area contributed by atoms with Crippen LogP contribution in [0.5, 0.6) is 11.5 Å². The first-order valence-electron chi connectivity index (χ1n) is 9.07. The third-order valence-corrected chi connectivity index (χ3v) is 6.98. The fourth-order valence-electron chi connectivity index (χ4n) is 3.81. The van der Waals surface area contributed by atoms with E-state index in [4.69, 9.17) is 9.47 Å². The highest BCUT2D eigenvalue weighted by molar-refractivity contribution is 7.10. The van der Waals surface area contributed by atoms with Gasteiger partial charge < -0.3 is 14.4 Å². The number of benzene rings is 1. The lowest BCUT2D eigenvalue weighted by Crippen LogP contribution is -2.40. The summed E-state index contributed by atoms with van der Waals surface area (Å²) < 4.78 is 11.2. The predicted octanol–water partition coefficient (Wildman–Crippen LogP) is 4.30. The third-order valence-electron chi connectivity index (χ3n) is 5.06. The molecule has 5 rings (SSSR count). The van der Waals surface area contributed by atoms with Gasteiger partial charge in [-0.25, -0.2) is 0 Å². The Labute approximate surface area is 166 Å². The van der Waals surface area contributed by atoms with Crippen LogP contribution in [0.3, 0.4) is 0 Å². The van der Waals surface area contributed by atoms with Gasteiger partial charge >= 0.3 is 0 Å². The Morgan fingerprint density at radius 1 is 1.07 bits per heavy atom. The highest BCUT2D eigenvalue weighted by Gasteiger charge is 2.33. The Balaban J connectivity index is 1.42. The van der Waals surface area contributed by atoms with Crippen molar-refractivity contribution in [3.63, 3.8) is 0 Å². The molecule has 2 aromatic heterocycles. The molecule has 1 amide bonds. The third kappa shape index (κ3) is 3.13. The van der Waals surface area contributed by atoms with Crippen LogP contribution in [0.4, 0.5) is 0 Å². The van der Waals surface area contributed by atoms with Crippen molar-refractivity contribution in [3.05, 3.63) is 68.0 Å². The molecule has 4 heterocycles. The highest BCUT2D eigenvalue weighted by atomic mass is 32.1. The topological polar surface area (TPSA) is 38.8 Å². The number of hydrogen-bond donors (Lipinski definition) is 0. The van der Waals surface area contributed by atoms with E-state index < -0.39 is 0 Å². The maximum atomic E-state index is 13.2. The molecule has 2 aliphatic rings. The minimum absolute atomic E-state index is 0.0321. The minimum Gasteiger partial charge on any atom is -0.486 e. The van der Waals surface area contributed by atoms with E-state index >= 15 is 0 Å².